The van der Waals surface area contributed by atoms with Gasteiger partial charge in [0.05, 0.1) is 22.6 Å². The highest BCUT2D eigenvalue weighted by Gasteiger charge is 2.36. The van der Waals surface area contributed by atoms with Gasteiger partial charge in [-0.2, -0.15) is 23.4 Å². The van der Waals surface area contributed by atoms with Gasteiger partial charge < -0.3 is 11.1 Å². The summed E-state index contributed by atoms with van der Waals surface area (Å²) in [6.45, 7) is 5.75. The first-order chi connectivity index (χ1) is 16.9. The summed E-state index contributed by atoms with van der Waals surface area (Å²) in [6, 6.07) is 0.0907. The van der Waals surface area contributed by atoms with E-state index in [1.165, 1.54) is 17.1 Å². The van der Waals surface area contributed by atoms with Crippen LogP contribution < -0.4 is 11.1 Å². The van der Waals surface area contributed by atoms with Crippen LogP contribution in [0.4, 0.5) is 18.9 Å². The lowest BCUT2D eigenvalue weighted by Gasteiger charge is -2.17. The fourth-order valence-electron chi connectivity index (χ4n) is 3.88. The highest BCUT2D eigenvalue weighted by Crippen LogP contribution is 2.44. The smallest absolute Gasteiger partial charge is 0.365 e. The summed E-state index contributed by atoms with van der Waals surface area (Å²) in [7, 11) is 0. The molecule has 1 atom stereocenters. The molecule has 4 aromatic rings. The van der Waals surface area contributed by atoms with Gasteiger partial charge in [-0.05, 0) is 31.9 Å². The minimum Gasteiger partial charge on any atom is -0.365 e. The number of nitrogens with zero attached hydrogens (tertiary/aromatic N) is 5. The Hall–Kier alpha value is -3.45. The quantitative estimate of drug-likeness (QED) is 0.340. The minimum absolute atomic E-state index is 0.0101. The number of rotatable bonds is 7. The summed E-state index contributed by atoms with van der Waals surface area (Å²) < 4.78 is 44.2. The summed E-state index contributed by atoms with van der Waals surface area (Å²) >= 11 is 6.62. The van der Waals surface area contributed by atoms with Crippen LogP contribution in [0.15, 0.2) is 24.7 Å². The summed E-state index contributed by atoms with van der Waals surface area (Å²) in [5.74, 6) is -1.46. The van der Waals surface area contributed by atoms with E-state index in [1.807, 2.05) is 6.92 Å². The maximum atomic E-state index is 13.7. The second-order valence-electron chi connectivity index (χ2n) is 7.94. The van der Waals surface area contributed by atoms with E-state index in [9.17, 15) is 22.8 Å². The third kappa shape index (κ3) is 4.67. The van der Waals surface area contributed by atoms with Gasteiger partial charge in [-0.1, -0.05) is 18.5 Å². The number of hydrogen-bond acceptors (Lipinski definition) is 6. The zero-order chi connectivity index (χ0) is 26.4. The predicted octanol–water partition coefficient (Wildman–Crippen LogP) is 5.05. The fraction of sp³-hybridized carbons (Fsp3) is 0.318. The van der Waals surface area contributed by atoms with Crippen LogP contribution in [0.5, 0.6) is 0 Å². The number of aryl methyl sites for hydroxylation is 2. The molecule has 0 aliphatic rings. The van der Waals surface area contributed by atoms with Gasteiger partial charge in [-0.15, -0.1) is 11.3 Å². The Kier molecular flexibility index (Phi) is 6.80. The van der Waals surface area contributed by atoms with E-state index < -0.39 is 29.7 Å². The molecule has 3 N–H and O–H groups in total. The van der Waals surface area contributed by atoms with Crippen LogP contribution in [0.3, 0.4) is 0 Å². The van der Waals surface area contributed by atoms with Crippen LogP contribution in [-0.2, 0) is 17.5 Å². The molecule has 0 radical (unpaired) electrons. The minimum atomic E-state index is -4.75. The monoisotopic (exact) mass is 539 g/mol. The van der Waals surface area contributed by atoms with Crippen molar-refractivity contribution >= 4 is 50.7 Å². The van der Waals surface area contributed by atoms with Gasteiger partial charge in [0.15, 0.2) is 0 Å². The van der Waals surface area contributed by atoms with Crippen LogP contribution in [0.1, 0.15) is 47.4 Å². The number of thiophene rings is 1. The molecule has 190 valence electrons. The van der Waals surface area contributed by atoms with E-state index >= 15 is 0 Å². The number of primary amides is 1. The number of halogens is 4. The van der Waals surface area contributed by atoms with Crippen molar-refractivity contribution in [2.24, 2.45) is 5.73 Å². The number of pyridine rings is 1. The van der Waals surface area contributed by atoms with E-state index in [4.69, 9.17) is 17.3 Å². The van der Waals surface area contributed by atoms with Gasteiger partial charge in [0.1, 0.15) is 21.4 Å². The van der Waals surface area contributed by atoms with Crippen LogP contribution >= 0.6 is 22.9 Å². The Morgan fingerprint density at radius 3 is 2.50 bits per heavy atom. The molecule has 4 heterocycles. The van der Waals surface area contributed by atoms with Gasteiger partial charge in [-0.3, -0.25) is 19.0 Å². The first-order valence-electron chi connectivity index (χ1n) is 10.8. The zero-order valence-electron chi connectivity index (χ0n) is 19.4. The second-order valence-corrected chi connectivity index (χ2v) is 9.37. The standard InChI is InChI=1S/C22H21ClF3N7O2S/c1-4-14(33-8-11(23)7-28-33)20(35)30-17-16-12(13-9-32(5-2)31-10(13)3)6-15(22(24,25)26)29-21(16)36-18(17)19(27)34/h6-9,14H,4-5H2,1-3H3,(H2,27,34)(H,30,35). The maximum absolute atomic E-state index is 13.7. The van der Waals surface area contributed by atoms with E-state index in [0.29, 0.717) is 40.6 Å². The summed E-state index contributed by atoms with van der Waals surface area (Å²) in [5, 5.41) is 11.6. The van der Waals surface area contributed by atoms with Crippen molar-refractivity contribution < 1.29 is 22.8 Å². The number of fused-ring (bicyclic) bond motifs is 1. The molecule has 0 spiro atoms. The number of carbonyl (C=O) groups is 2. The normalized spacial score (nSPS) is 12.8. The van der Waals surface area contributed by atoms with Crippen molar-refractivity contribution in [3.63, 3.8) is 0 Å². The van der Waals surface area contributed by atoms with Crippen LogP contribution in [0, 0.1) is 6.92 Å². The Labute approximate surface area is 212 Å². The molecule has 36 heavy (non-hydrogen) atoms. The molecular formula is C22H21ClF3N7O2S. The number of nitrogens with one attached hydrogen (secondary N) is 1. The number of hydrogen-bond donors (Lipinski definition) is 2. The molecule has 0 aliphatic carbocycles. The molecule has 0 saturated carbocycles. The molecule has 1 unspecified atom stereocenters. The van der Waals surface area contributed by atoms with E-state index in [1.54, 1.807) is 24.7 Å². The third-order valence-corrected chi connectivity index (χ3v) is 6.86. The highest BCUT2D eigenvalue weighted by atomic mass is 35.5. The molecule has 0 fully saturated rings. The largest absolute Gasteiger partial charge is 0.433 e. The number of carbonyl (C=O) groups excluding carboxylic acids is 2. The number of alkyl halides is 3. The lowest BCUT2D eigenvalue weighted by molar-refractivity contribution is -0.140. The SMILES string of the molecule is CCC(C(=O)Nc1c(C(N)=O)sc2nc(C(F)(F)F)cc(-c3cn(CC)nc3C)c12)n1cc(Cl)cn1. The molecule has 0 aromatic carbocycles. The Morgan fingerprint density at radius 1 is 1.25 bits per heavy atom. The highest BCUT2D eigenvalue weighted by molar-refractivity contribution is 7.21. The van der Waals surface area contributed by atoms with Crippen LogP contribution in [0.2, 0.25) is 5.02 Å². The van der Waals surface area contributed by atoms with Crippen molar-refractivity contribution in [1.82, 2.24) is 24.5 Å². The average molecular weight is 540 g/mol. The zero-order valence-corrected chi connectivity index (χ0v) is 20.9. The van der Waals surface area contributed by atoms with Crippen molar-refractivity contribution in [2.45, 2.75) is 46.0 Å². The van der Waals surface area contributed by atoms with Gasteiger partial charge in [0.25, 0.3) is 5.91 Å². The Morgan fingerprint density at radius 2 is 1.97 bits per heavy atom. The maximum Gasteiger partial charge on any atom is 0.433 e. The predicted molar refractivity (Wildman–Crippen MR) is 130 cm³/mol. The Bertz CT molecular complexity index is 1470. The molecule has 2 amide bonds. The summed E-state index contributed by atoms with van der Waals surface area (Å²) in [5.41, 5.74) is 5.42. The fourth-order valence-corrected chi connectivity index (χ4v) is 5.03. The number of anilines is 1. The van der Waals surface area contributed by atoms with Crippen molar-refractivity contribution in [1.29, 1.82) is 0 Å². The summed E-state index contributed by atoms with van der Waals surface area (Å²) in [4.78, 5) is 29.1. The van der Waals surface area contributed by atoms with Gasteiger partial charge >= 0.3 is 6.18 Å². The first-order valence-corrected chi connectivity index (χ1v) is 12.0. The second kappa shape index (κ2) is 9.54. The van der Waals surface area contributed by atoms with Gasteiger partial charge in [0, 0.05) is 29.9 Å². The lowest BCUT2D eigenvalue weighted by Crippen LogP contribution is -2.27. The number of aromatic nitrogens is 5. The molecule has 9 nitrogen and oxygen atoms in total. The van der Waals surface area contributed by atoms with Crippen molar-refractivity contribution in [2.75, 3.05) is 5.32 Å². The third-order valence-electron chi connectivity index (χ3n) is 5.56. The van der Waals surface area contributed by atoms with Crippen LogP contribution in [0.25, 0.3) is 21.3 Å². The van der Waals surface area contributed by atoms with Crippen molar-refractivity contribution in [3.8, 4) is 11.1 Å². The first kappa shape index (κ1) is 25.6. The van der Waals surface area contributed by atoms with Gasteiger partial charge in [-0.25, -0.2) is 4.98 Å². The molecular weight excluding hydrogens is 519 g/mol. The molecule has 0 aliphatic heterocycles. The summed E-state index contributed by atoms with van der Waals surface area (Å²) in [6.07, 6.45) is 0.0361. The van der Waals surface area contributed by atoms with E-state index in [0.717, 1.165) is 6.07 Å². The molecule has 4 rings (SSSR count). The lowest BCUT2D eigenvalue weighted by atomic mass is 10.0. The molecule has 14 heteroatoms. The van der Waals surface area contributed by atoms with E-state index in [-0.39, 0.29) is 26.3 Å². The van der Waals surface area contributed by atoms with E-state index in [2.05, 4.69) is 20.5 Å². The topological polar surface area (TPSA) is 121 Å². The molecule has 0 bridgehead atoms. The number of nitrogens with two attached hydrogens (primary N) is 1. The van der Waals surface area contributed by atoms with Gasteiger partial charge in [0.2, 0.25) is 5.91 Å². The Balaban J connectivity index is 1.96. The molecule has 4 aromatic heterocycles. The van der Waals surface area contributed by atoms with Crippen LogP contribution in [-0.4, -0.2) is 36.4 Å². The van der Waals surface area contributed by atoms with Crippen molar-refractivity contribution in [3.05, 3.63) is 45.9 Å². The average Bonchev–Trinajstić information content (AvgIpc) is 3.50. The number of amides is 2. The molecule has 0 saturated heterocycles.